The fourth-order valence-corrected chi connectivity index (χ4v) is 4.14. The number of aryl methyl sites for hydroxylation is 1. The van der Waals surface area contributed by atoms with Crippen LogP contribution in [-0.4, -0.2) is 31.2 Å². The number of nitrogens with zero attached hydrogens (tertiary/aromatic N) is 4. The van der Waals surface area contributed by atoms with Crippen molar-refractivity contribution in [1.29, 1.82) is 0 Å². The smallest absolute Gasteiger partial charge is 0.153 e. The maximum atomic E-state index is 6.05. The molecule has 1 unspecified atom stereocenters. The number of fused-ring (bicyclic) bond motifs is 1. The van der Waals surface area contributed by atoms with Crippen LogP contribution in [0, 0.1) is 0 Å². The fraction of sp³-hybridized carbons (Fsp3) is 0.333. The second kappa shape index (κ2) is 6.70. The van der Waals surface area contributed by atoms with Crippen LogP contribution in [0.25, 0.3) is 22.4 Å². The van der Waals surface area contributed by atoms with Crippen molar-refractivity contribution in [1.82, 2.24) is 24.6 Å². The summed E-state index contributed by atoms with van der Waals surface area (Å²) in [6, 6.07) is 10.5. The highest BCUT2D eigenvalue weighted by molar-refractivity contribution is 5.82. The van der Waals surface area contributed by atoms with Crippen molar-refractivity contribution in [2.75, 3.05) is 6.54 Å². The predicted molar refractivity (Wildman–Crippen MR) is 104 cm³/mol. The van der Waals surface area contributed by atoms with Gasteiger partial charge in [0.2, 0.25) is 0 Å². The lowest BCUT2D eigenvalue weighted by Gasteiger charge is -2.35. The molecule has 6 nitrogen and oxygen atoms in total. The Kier molecular flexibility index (Phi) is 4.05. The van der Waals surface area contributed by atoms with Gasteiger partial charge in [-0.15, -0.1) is 0 Å². The number of hydrogen-bond donors (Lipinski definition) is 1. The van der Waals surface area contributed by atoms with Crippen LogP contribution in [0.2, 0.25) is 0 Å². The summed E-state index contributed by atoms with van der Waals surface area (Å²) < 4.78 is 8.19. The number of imidazole rings is 1. The van der Waals surface area contributed by atoms with Crippen molar-refractivity contribution in [3.05, 3.63) is 60.3 Å². The van der Waals surface area contributed by atoms with Crippen molar-refractivity contribution < 1.29 is 4.42 Å². The van der Waals surface area contributed by atoms with Crippen LogP contribution in [0.4, 0.5) is 0 Å². The van der Waals surface area contributed by atoms with Crippen LogP contribution in [0.5, 0.6) is 0 Å². The topological polar surface area (TPSA) is 62.9 Å². The molecular weight excluding hydrogens is 338 g/mol. The summed E-state index contributed by atoms with van der Waals surface area (Å²) >= 11 is 0. The molecule has 3 aromatic heterocycles. The molecule has 1 fully saturated rings. The quantitative estimate of drug-likeness (QED) is 0.589. The first-order valence-electron chi connectivity index (χ1n) is 9.52. The number of furan rings is 1. The predicted octanol–water partition coefficient (Wildman–Crippen LogP) is 4.28. The third-order valence-electron chi connectivity index (χ3n) is 5.53. The SMILES string of the molecule is Cn1ccnc1C1CCCCN1Cc1cn[nH]c1-c1cc2ccccc2o1. The largest absolute Gasteiger partial charge is 0.454 e. The molecule has 5 rings (SSSR count). The van der Waals surface area contributed by atoms with E-state index in [4.69, 9.17) is 4.42 Å². The second-order valence-corrected chi connectivity index (χ2v) is 7.30. The molecule has 0 aliphatic carbocycles. The number of piperidine rings is 1. The van der Waals surface area contributed by atoms with Gasteiger partial charge in [0, 0.05) is 36.9 Å². The summed E-state index contributed by atoms with van der Waals surface area (Å²) in [4.78, 5) is 7.12. The molecule has 0 saturated carbocycles. The van der Waals surface area contributed by atoms with Crippen LogP contribution in [0.1, 0.15) is 36.7 Å². The molecule has 4 aromatic rings. The monoisotopic (exact) mass is 361 g/mol. The zero-order chi connectivity index (χ0) is 18.2. The van der Waals surface area contributed by atoms with Gasteiger partial charge in [-0.1, -0.05) is 24.6 Å². The number of aromatic amines is 1. The summed E-state index contributed by atoms with van der Waals surface area (Å²) in [5.41, 5.74) is 3.03. The van der Waals surface area contributed by atoms with Crippen LogP contribution in [-0.2, 0) is 13.6 Å². The minimum Gasteiger partial charge on any atom is -0.454 e. The van der Waals surface area contributed by atoms with Gasteiger partial charge >= 0.3 is 0 Å². The lowest BCUT2D eigenvalue weighted by Crippen LogP contribution is -2.34. The van der Waals surface area contributed by atoms with Gasteiger partial charge in [-0.2, -0.15) is 5.10 Å². The lowest BCUT2D eigenvalue weighted by molar-refractivity contribution is 0.132. The van der Waals surface area contributed by atoms with Gasteiger partial charge in [0.25, 0.3) is 0 Å². The van der Waals surface area contributed by atoms with Crippen molar-refractivity contribution in [2.45, 2.75) is 31.8 Å². The number of rotatable bonds is 4. The molecule has 4 heterocycles. The van der Waals surface area contributed by atoms with Gasteiger partial charge in [-0.05, 0) is 31.5 Å². The van der Waals surface area contributed by atoms with E-state index >= 15 is 0 Å². The Bertz CT molecular complexity index is 1030. The summed E-state index contributed by atoms with van der Waals surface area (Å²) in [5, 5.41) is 8.56. The highest BCUT2D eigenvalue weighted by Crippen LogP contribution is 2.34. The molecule has 1 aliphatic heterocycles. The van der Waals surface area contributed by atoms with Gasteiger partial charge < -0.3 is 8.98 Å². The average Bonchev–Trinajstić information content (AvgIpc) is 3.41. The first-order valence-corrected chi connectivity index (χ1v) is 9.52. The third kappa shape index (κ3) is 2.96. The minimum absolute atomic E-state index is 0.345. The third-order valence-corrected chi connectivity index (χ3v) is 5.53. The molecule has 27 heavy (non-hydrogen) atoms. The average molecular weight is 361 g/mol. The summed E-state index contributed by atoms with van der Waals surface area (Å²) in [6.45, 7) is 1.91. The zero-order valence-electron chi connectivity index (χ0n) is 15.4. The van der Waals surface area contributed by atoms with Crippen molar-refractivity contribution in [3.8, 4) is 11.5 Å². The Labute approximate surface area is 157 Å². The van der Waals surface area contributed by atoms with Gasteiger partial charge in [-0.25, -0.2) is 4.98 Å². The maximum absolute atomic E-state index is 6.05. The molecule has 1 N–H and O–H groups in total. The van der Waals surface area contributed by atoms with Crippen LogP contribution >= 0.6 is 0 Å². The zero-order valence-corrected chi connectivity index (χ0v) is 15.4. The van der Waals surface area contributed by atoms with Crippen LogP contribution in [0.15, 0.2) is 53.3 Å². The lowest BCUT2D eigenvalue weighted by atomic mass is 10.0. The standard InChI is InChI=1S/C21H23N5O/c1-25-11-9-22-21(25)17-7-4-5-10-26(17)14-16-13-23-24-20(16)19-12-15-6-2-3-8-18(15)27-19/h2-3,6,8-9,11-13,17H,4-5,7,10,14H2,1H3,(H,23,24). The summed E-state index contributed by atoms with van der Waals surface area (Å²) in [7, 11) is 2.08. The van der Waals surface area contributed by atoms with Gasteiger partial charge in [0.1, 0.15) is 17.1 Å². The molecule has 1 aliphatic rings. The van der Waals surface area contributed by atoms with E-state index in [1.807, 2.05) is 36.8 Å². The molecular formula is C21H23N5O. The molecule has 1 atom stereocenters. The Balaban J connectivity index is 1.45. The van der Waals surface area contributed by atoms with Crippen molar-refractivity contribution in [2.24, 2.45) is 7.05 Å². The van der Waals surface area contributed by atoms with E-state index in [-0.39, 0.29) is 0 Å². The number of H-pyrrole nitrogens is 1. The first kappa shape index (κ1) is 16.3. The Morgan fingerprint density at radius 1 is 1.26 bits per heavy atom. The minimum atomic E-state index is 0.345. The van der Waals surface area contributed by atoms with E-state index < -0.39 is 0 Å². The number of aromatic nitrogens is 4. The normalized spacial score (nSPS) is 18.3. The molecule has 6 heteroatoms. The molecule has 0 spiro atoms. The van der Waals surface area contributed by atoms with Crippen LogP contribution < -0.4 is 0 Å². The Morgan fingerprint density at radius 2 is 2.19 bits per heavy atom. The van der Waals surface area contributed by atoms with E-state index in [1.54, 1.807) is 0 Å². The fourth-order valence-electron chi connectivity index (χ4n) is 4.14. The highest BCUT2D eigenvalue weighted by Gasteiger charge is 2.28. The summed E-state index contributed by atoms with van der Waals surface area (Å²) in [5.74, 6) is 1.98. The van der Waals surface area contributed by atoms with Crippen LogP contribution in [0.3, 0.4) is 0 Å². The number of benzene rings is 1. The van der Waals surface area contributed by atoms with E-state index in [9.17, 15) is 0 Å². The van der Waals surface area contributed by atoms with Gasteiger partial charge in [-0.3, -0.25) is 10.00 Å². The molecule has 0 amide bonds. The first-order chi connectivity index (χ1) is 13.3. The van der Waals surface area contributed by atoms with Crippen molar-refractivity contribution >= 4 is 11.0 Å². The second-order valence-electron chi connectivity index (χ2n) is 7.30. The molecule has 0 bridgehead atoms. The van der Waals surface area contributed by atoms with Gasteiger partial charge in [0.05, 0.1) is 12.2 Å². The number of nitrogens with one attached hydrogen (secondary N) is 1. The molecule has 1 aromatic carbocycles. The molecule has 0 radical (unpaired) electrons. The summed E-state index contributed by atoms with van der Waals surface area (Å²) in [6.07, 6.45) is 9.45. The molecule has 138 valence electrons. The van der Waals surface area contributed by atoms with E-state index in [2.05, 4.69) is 43.8 Å². The van der Waals surface area contributed by atoms with E-state index in [1.165, 1.54) is 12.8 Å². The Morgan fingerprint density at radius 3 is 3.04 bits per heavy atom. The number of likely N-dealkylation sites (tertiary alicyclic amines) is 1. The maximum Gasteiger partial charge on any atom is 0.153 e. The molecule has 1 saturated heterocycles. The van der Waals surface area contributed by atoms with E-state index in [0.29, 0.717) is 6.04 Å². The Hall–Kier alpha value is -2.86. The highest BCUT2D eigenvalue weighted by atomic mass is 16.3. The van der Waals surface area contributed by atoms with Gasteiger partial charge in [0.15, 0.2) is 5.76 Å². The number of para-hydroxylation sites is 1. The van der Waals surface area contributed by atoms with E-state index in [0.717, 1.165) is 53.3 Å². The van der Waals surface area contributed by atoms with Crippen molar-refractivity contribution in [3.63, 3.8) is 0 Å². The number of hydrogen-bond acceptors (Lipinski definition) is 4.